The van der Waals surface area contributed by atoms with Gasteiger partial charge in [0.1, 0.15) is 0 Å². The lowest BCUT2D eigenvalue weighted by Crippen LogP contribution is -2.27. The molecule has 0 spiro atoms. The van der Waals surface area contributed by atoms with Gasteiger partial charge in [-0.15, -0.1) is 0 Å². The largest absolute Gasteiger partial charge is 0.341 e. The van der Waals surface area contributed by atoms with Crippen molar-refractivity contribution in [1.82, 2.24) is 15.0 Å². The van der Waals surface area contributed by atoms with E-state index in [2.05, 4.69) is 16.2 Å². The van der Waals surface area contributed by atoms with Crippen LogP contribution in [0.2, 0.25) is 0 Å². The maximum Gasteiger partial charge on any atom is 0.224 e. The SMILES string of the molecule is Cc1nc(CCN2CC(C#N)CC2=O)no1. The van der Waals surface area contributed by atoms with Gasteiger partial charge >= 0.3 is 0 Å². The minimum atomic E-state index is -0.167. The van der Waals surface area contributed by atoms with Crippen LogP contribution in [0.15, 0.2) is 4.52 Å². The van der Waals surface area contributed by atoms with Gasteiger partial charge < -0.3 is 9.42 Å². The summed E-state index contributed by atoms with van der Waals surface area (Å²) in [6, 6.07) is 2.11. The molecule has 1 saturated heterocycles. The molecule has 0 N–H and O–H groups in total. The van der Waals surface area contributed by atoms with E-state index >= 15 is 0 Å². The lowest BCUT2D eigenvalue weighted by atomic mass is 10.1. The molecule has 6 heteroatoms. The van der Waals surface area contributed by atoms with E-state index in [4.69, 9.17) is 9.78 Å². The first-order chi connectivity index (χ1) is 7.69. The van der Waals surface area contributed by atoms with Gasteiger partial charge in [-0.1, -0.05) is 5.16 Å². The molecule has 0 aliphatic carbocycles. The van der Waals surface area contributed by atoms with Crippen LogP contribution in [-0.4, -0.2) is 34.0 Å². The molecule has 84 valence electrons. The molecular weight excluding hydrogens is 208 g/mol. The third-order valence-corrected chi connectivity index (χ3v) is 2.57. The average Bonchev–Trinajstić information content (AvgIpc) is 2.82. The summed E-state index contributed by atoms with van der Waals surface area (Å²) in [4.78, 5) is 17.2. The van der Waals surface area contributed by atoms with E-state index in [1.807, 2.05) is 0 Å². The van der Waals surface area contributed by atoms with E-state index in [1.54, 1.807) is 11.8 Å². The second kappa shape index (κ2) is 4.31. The molecule has 1 aromatic heterocycles. The van der Waals surface area contributed by atoms with Gasteiger partial charge in [0, 0.05) is 32.9 Å². The van der Waals surface area contributed by atoms with Gasteiger partial charge in [0.05, 0.1) is 12.0 Å². The Morgan fingerprint density at radius 1 is 1.69 bits per heavy atom. The van der Waals surface area contributed by atoms with Crippen LogP contribution in [0.4, 0.5) is 0 Å². The van der Waals surface area contributed by atoms with Crippen molar-refractivity contribution in [1.29, 1.82) is 5.26 Å². The maximum absolute atomic E-state index is 11.5. The second-order valence-electron chi connectivity index (χ2n) is 3.85. The summed E-state index contributed by atoms with van der Waals surface area (Å²) in [6.45, 7) is 2.80. The van der Waals surface area contributed by atoms with Crippen LogP contribution >= 0.6 is 0 Å². The van der Waals surface area contributed by atoms with E-state index in [-0.39, 0.29) is 11.8 Å². The molecule has 1 amide bonds. The highest BCUT2D eigenvalue weighted by molar-refractivity contribution is 5.79. The van der Waals surface area contributed by atoms with Crippen LogP contribution in [0, 0.1) is 24.2 Å². The fraction of sp³-hybridized carbons (Fsp3) is 0.600. The number of hydrogen-bond acceptors (Lipinski definition) is 5. The molecule has 16 heavy (non-hydrogen) atoms. The van der Waals surface area contributed by atoms with Crippen LogP contribution in [0.5, 0.6) is 0 Å². The zero-order valence-electron chi connectivity index (χ0n) is 9.01. The van der Waals surface area contributed by atoms with Crippen LogP contribution in [0.1, 0.15) is 18.1 Å². The van der Waals surface area contributed by atoms with Crippen molar-refractivity contribution in [3.63, 3.8) is 0 Å². The first-order valence-electron chi connectivity index (χ1n) is 5.15. The predicted octanol–water partition coefficient (Wildman–Crippen LogP) is 0.293. The summed E-state index contributed by atoms with van der Waals surface area (Å²) in [7, 11) is 0. The highest BCUT2D eigenvalue weighted by Crippen LogP contribution is 2.16. The molecule has 6 nitrogen and oxygen atoms in total. The number of nitriles is 1. The Labute approximate surface area is 92.8 Å². The van der Waals surface area contributed by atoms with E-state index in [0.29, 0.717) is 37.6 Å². The average molecular weight is 220 g/mol. The Kier molecular flexibility index (Phi) is 2.86. The van der Waals surface area contributed by atoms with Crippen LogP contribution < -0.4 is 0 Å². The van der Waals surface area contributed by atoms with E-state index in [1.165, 1.54) is 0 Å². The molecule has 0 bridgehead atoms. The number of likely N-dealkylation sites (tertiary alicyclic amines) is 1. The first kappa shape index (κ1) is 10.6. The Bertz CT molecular complexity index is 434. The monoisotopic (exact) mass is 220 g/mol. The normalized spacial score (nSPS) is 20.1. The lowest BCUT2D eigenvalue weighted by molar-refractivity contribution is -0.127. The molecule has 1 aromatic rings. The summed E-state index contributed by atoms with van der Waals surface area (Å²) in [5, 5.41) is 12.5. The molecule has 0 aromatic carbocycles. The van der Waals surface area contributed by atoms with Gasteiger partial charge in [-0.2, -0.15) is 10.2 Å². The van der Waals surface area contributed by atoms with E-state index in [9.17, 15) is 4.79 Å². The number of carbonyl (C=O) groups excluding carboxylic acids is 1. The zero-order valence-corrected chi connectivity index (χ0v) is 9.01. The standard InChI is InChI=1S/C10H12N4O2/c1-7-12-9(13-16-7)2-3-14-6-8(5-11)4-10(14)15/h8H,2-4,6H2,1H3. The van der Waals surface area contributed by atoms with Gasteiger partial charge in [-0.25, -0.2) is 0 Å². The molecule has 0 saturated carbocycles. The number of aryl methyl sites for hydroxylation is 1. The Morgan fingerprint density at radius 3 is 3.06 bits per heavy atom. The number of aromatic nitrogens is 2. The molecule has 2 rings (SSSR count). The van der Waals surface area contributed by atoms with Crippen molar-refractivity contribution in [3.05, 3.63) is 11.7 Å². The Balaban J connectivity index is 1.87. The number of nitrogens with zero attached hydrogens (tertiary/aromatic N) is 4. The minimum Gasteiger partial charge on any atom is -0.341 e. The Morgan fingerprint density at radius 2 is 2.50 bits per heavy atom. The van der Waals surface area contributed by atoms with Crippen LogP contribution in [-0.2, 0) is 11.2 Å². The van der Waals surface area contributed by atoms with Gasteiger partial charge in [0.2, 0.25) is 11.8 Å². The van der Waals surface area contributed by atoms with Gasteiger partial charge in [-0.3, -0.25) is 4.79 Å². The van der Waals surface area contributed by atoms with Crippen molar-refractivity contribution in [3.8, 4) is 6.07 Å². The summed E-state index contributed by atoms with van der Waals surface area (Å²) in [5.41, 5.74) is 0. The van der Waals surface area contributed by atoms with E-state index < -0.39 is 0 Å². The van der Waals surface area contributed by atoms with Crippen LogP contribution in [0.25, 0.3) is 0 Å². The quantitative estimate of drug-likeness (QED) is 0.731. The van der Waals surface area contributed by atoms with Crippen molar-refractivity contribution < 1.29 is 9.32 Å². The van der Waals surface area contributed by atoms with Crippen molar-refractivity contribution in [2.45, 2.75) is 19.8 Å². The summed E-state index contributed by atoms with van der Waals surface area (Å²) in [5.74, 6) is 0.995. The molecule has 1 aliphatic rings. The summed E-state index contributed by atoms with van der Waals surface area (Å²) in [6.07, 6.45) is 0.906. The molecule has 1 atom stereocenters. The number of hydrogen-bond donors (Lipinski definition) is 0. The lowest BCUT2D eigenvalue weighted by Gasteiger charge is -2.13. The molecule has 2 heterocycles. The predicted molar refractivity (Wildman–Crippen MR) is 53.0 cm³/mol. The maximum atomic E-state index is 11.5. The third kappa shape index (κ3) is 2.19. The van der Waals surface area contributed by atoms with Gasteiger partial charge in [-0.05, 0) is 0 Å². The molecule has 1 fully saturated rings. The summed E-state index contributed by atoms with van der Waals surface area (Å²) < 4.78 is 4.83. The minimum absolute atomic E-state index is 0.0340. The van der Waals surface area contributed by atoms with Crippen molar-refractivity contribution >= 4 is 5.91 Å². The molecule has 1 aliphatic heterocycles. The van der Waals surface area contributed by atoms with Gasteiger partial charge in [0.15, 0.2) is 5.82 Å². The highest BCUT2D eigenvalue weighted by atomic mass is 16.5. The Hall–Kier alpha value is -1.90. The first-order valence-corrected chi connectivity index (χ1v) is 5.15. The van der Waals surface area contributed by atoms with Crippen LogP contribution in [0.3, 0.4) is 0 Å². The fourth-order valence-electron chi connectivity index (χ4n) is 1.75. The molecule has 0 radical (unpaired) electrons. The summed E-state index contributed by atoms with van der Waals surface area (Å²) >= 11 is 0. The van der Waals surface area contributed by atoms with Crippen molar-refractivity contribution in [2.75, 3.05) is 13.1 Å². The second-order valence-corrected chi connectivity index (χ2v) is 3.85. The van der Waals surface area contributed by atoms with Crippen molar-refractivity contribution in [2.24, 2.45) is 5.92 Å². The van der Waals surface area contributed by atoms with E-state index in [0.717, 1.165) is 0 Å². The fourth-order valence-corrected chi connectivity index (χ4v) is 1.75. The third-order valence-electron chi connectivity index (χ3n) is 2.57. The van der Waals surface area contributed by atoms with Gasteiger partial charge in [0.25, 0.3) is 0 Å². The molecular formula is C10H12N4O2. The molecule has 1 unspecified atom stereocenters. The zero-order chi connectivity index (χ0) is 11.5. The number of amides is 1. The number of carbonyl (C=O) groups is 1. The highest BCUT2D eigenvalue weighted by Gasteiger charge is 2.29. The smallest absolute Gasteiger partial charge is 0.224 e. The number of rotatable bonds is 3. The topological polar surface area (TPSA) is 83.0 Å².